The van der Waals surface area contributed by atoms with Crippen LogP contribution >= 0.6 is 23.4 Å². The summed E-state index contributed by atoms with van der Waals surface area (Å²) < 4.78 is 5.26. The van der Waals surface area contributed by atoms with Crippen molar-refractivity contribution < 1.29 is 9.53 Å². The first kappa shape index (κ1) is 15.8. The van der Waals surface area contributed by atoms with E-state index in [2.05, 4.69) is 10.2 Å². The minimum Gasteiger partial charge on any atom is -0.496 e. The van der Waals surface area contributed by atoms with E-state index in [1.807, 2.05) is 11.8 Å². The molecular formula is C15H20ClN3O2S. The monoisotopic (exact) mass is 341 g/mol. The number of fused-ring (bicyclic) bond motifs is 2. The van der Waals surface area contributed by atoms with E-state index in [0.717, 1.165) is 31.8 Å². The van der Waals surface area contributed by atoms with Crippen LogP contribution in [0.3, 0.4) is 0 Å². The Labute approximate surface area is 139 Å². The third-order valence-electron chi connectivity index (χ3n) is 4.26. The summed E-state index contributed by atoms with van der Waals surface area (Å²) in [5, 5.41) is 3.97. The predicted octanol–water partition coefficient (Wildman–Crippen LogP) is 1.85. The molecule has 0 saturated carbocycles. The Hall–Kier alpha value is -1.11. The van der Waals surface area contributed by atoms with Crippen LogP contribution in [0.1, 0.15) is 16.8 Å². The molecule has 1 aromatic carbocycles. The molecule has 0 aromatic heterocycles. The second-order valence-corrected chi connectivity index (χ2v) is 7.41. The van der Waals surface area contributed by atoms with Crippen LogP contribution in [-0.2, 0) is 0 Å². The van der Waals surface area contributed by atoms with Gasteiger partial charge in [-0.15, -0.1) is 0 Å². The van der Waals surface area contributed by atoms with Gasteiger partial charge >= 0.3 is 0 Å². The fourth-order valence-corrected chi connectivity index (χ4v) is 4.60. The Balaban J connectivity index is 1.75. The van der Waals surface area contributed by atoms with Gasteiger partial charge in [0.2, 0.25) is 0 Å². The van der Waals surface area contributed by atoms with Crippen molar-refractivity contribution in [3.05, 3.63) is 22.7 Å². The number of benzene rings is 1. The lowest BCUT2D eigenvalue weighted by Crippen LogP contribution is -2.55. The second-order valence-electron chi connectivity index (χ2n) is 5.65. The first-order valence-electron chi connectivity index (χ1n) is 7.36. The van der Waals surface area contributed by atoms with Crippen molar-refractivity contribution in [1.29, 1.82) is 0 Å². The van der Waals surface area contributed by atoms with Crippen LogP contribution in [0.2, 0.25) is 5.02 Å². The molecule has 5 nitrogen and oxygen atoms in total. The number of amides is 1. The number of nitrogens with zero attached hydrogens (tertiary/aromatic N) is 1. The zero-order valence-corrected chi connectivity index (χ0v) is 14.0. The number of nitrogens with one attached hydrogen (secondary N) is 1. The van der Waals surface area contributed by atoms with Crippen LogP contribution in [0.15, 0.2) is 12.1 Å². The number of methoxy groups -OCH3 is 1. The predicted molar refractivity (Wildman–Crippen MR) is 91.0 cm³/mol. The zero-order chi connectivity index (χ0) is 15.7. The van der Waals surface area contributed by atoms with Crippen LogP contribution in [0.25, 0.3) is 0 Å². The van der Waals surface area contributed by atoms with Crippen molar-refractivity contribution in [1.82, 2.24) is 10.2 Å². The highest BCUT2D eigenvalue weighted by molar-refractivity contribution is 8.00. The summed E-state index contributed by atoms with van der Waals surface area (Å²) in [5.41, 5.74) is 6.61. The lowest BCUT2D eigenvalue weighted by molar-refractivity contribution is 0.0910. The molecule has 0 aliphatic carbocycles. The van der Waals surface area contributed by atoms with E-state index in [-0.39, 0.29) is 11.9 Å². The highest BCUT2D eigenvalue weighted by atomic mass is 35.5. The summed E-state index contributed by atoms with van der Waals surface area (Å²) in [5.74, 6) is 1.44. The standard InChI is InChI=1S/C15H20ClN3O2S/c1-21-13-7-11(17)10(16)6-9(13)15(20)18-12-2-3-19-4-5-22-14(12)8-19/h6-7,12,14H,2-5,8,17H2,1H3,(H,18,20)/t12-,14+/m1/s1. The number of anilines is 1. The summed E-state index contributed by atoms with van der Waals surface area (Å²) in [6.45, 7) is 3.25. The fraction of sp³-hybridized carbons (Fsp3) is 0.533. The average molecular weight is 342 g/mol. The summed E-state index contributed by atoms with van der Waals surface area (Å²) in [6, 6.07) is 3.36. The molecule has 2 saturated heterocycles. The van der Waals surface area contributed by atoms with Gasteiger partial charge in [0.15, 0.2) is 0 Å². The molecule has 0 radical (unpaired) electrons. The SMILES string of the molecule is COc1cc(N)c(Cl)cc1C(=O)N[C@@H]1CCN2CCS[C@H]1C2. The molecule has 1 amide bonds. The van der Waals surface area contributed by atoms with Gasteiger partial charge in [-0.1, -0.05) is 11.6 Å². The quantitative estimate of drug-likeness (QED) is 0.821. The van der Waals surface area contributed by atoms with Gasteiger partial charge < -0.3 is 20.7 Å². The van der Waals surface area contributed by atoms with Crippen molar-refractivity contribution in [2.75, 3.05) is 38.2 Å². The molecular weight excluding hydrogens is 322 g/mol. The smallest absolute Gasteiger partial charge is 0.255 e. The first-order valence-corrected chi connectivity index (χ1v) is 8.79. The first-order chi connectivity index (χ1) is 10.6. The molecule has 3 N–H and O–H groups in total. The minimum atomic E-state index is -0.150. The van der Waals surface area contributed by atoms with E-state index in [1.165, 1.54) is 7.11 Å². The number of hydrogen-bond acceptors (Lipinski definition) is 5. The van der Waals surface area contributed by atoms with E-state index in [0.29, 0.717) is 27.3 Å². The number of piperidine rings is 1. The van der Waals surface area contributed by atoms with E-state index in [1.54, 1.807) is 12.1 Å². The van der Waals surface area contributed by atoms with Crippen LogP contribution in [0.5, 0.6) is 5.75 Å². The Kier molecular flexibility index (Phi) is 4.70. The maximum atomic E-state index is 12.6. The summed E-state index contributed by atoms with van der Waals surface area (Å²) in [6.07, 6.45) is 0.981. The molecule has 2 aliphatic rings. The van der Waals surface area contributed by atoms with E-state index in [4.69, 9.17) is 22.1 Å². The van der Waals surface area contributed by atoms with E-state index in [9.17, 15) is 4.79 Å². The number of carbonyl (C=O) groups excluding carboxylic acids is 1. The van der Waals surface area contributed by atoms with Gasteiger partial charge in [0, 0.05) is 42.7 Å². The molecule has 2 aliphatic heterocycles. The second kappa shape index (κ2) is 6.56. The largest absolute Gasteiger partial charge is 0.496 e. The van der Waals surface area contributed by atoms with Crippen molar-refractivity contribution >= 4 is 35.0 Å². The number of halogens is 1. The summed E-state index contributed by atoms with van der Waals surface area (Å²) >= 11 is 7.99. The maximum absolute atomic E-state index is 12.6. The molecule has 7 heteroatoms. The third-order valence-corrected chi connectivity index (χ3v) is 5.91. The van der Waals surface area contributed by atoms with Crippen LogP contribution in [0.4, 0.5) is 5.69 Å². The number of carbonyl (C=O) groups is 1. The normalized spacial score (nSPS) is 27.3. The minimum absolute atomic E-state index is 0.150. The van der Waals surface area contributed by atoms with Gasteiger partial charge in [-0.05, 0) is 12.5 Å². The third kappa shape index (κ3) is 3.14. The van der Waals surface area contributed by atoms with Gasteiger partial charge in [0.25, 0.3) is 5.91 Å². The number of nitrogens with two attached hydrogens (primary N) is 1. The highest BCUT2D eigenvalue weighted by Crippen LogP contribution is 2.31. The average Bonchev–Trinajstić information content (AvgIpc) is 2.52. The van der Waals surface area contributed by atoms with E-state index >= 15 is 0 Å². The van der Waals surface area contributed by atoms with Crippen molar-refractivity contribution in [3.63, 3.8) is 0 Å². The van der Waals surface area contributed by atoms with Gasteiger partial charge in [0.1, 0.15) is 5.75 Å². The Morgan fingerprint density at radius 1 is 1.50 bits per heavy atom. The van der Waals surface area contributed by atoms with Crippen molar-refractivity contribution in [3.8, 4) is 5.75 Å². The van der Waals surface area contributed by atoms with Gasteiger partial charge in [-0.2, -0.15) is 11.8 Å². The number of hydrogen-bond donors (Lipinski definition) is 2. The van der Waals surface area contributed by atoms with Crippen LogP contribution in [-0.4, -0.2) is 54.6 Å². The zero-order valence-electron chi connectivity index (χ0n) is 12.5. The molecule has 3 atom stereocenters. The number of thioether (sulfide) groups is 1. The fourth-order valence-electron chi connectivity index (χ4n) is 3.01. The lowest BCUT2D eigenvalue weighted by Gasteiger charge is -2.42. The molecule has 2 bridgehead atoms. The summed E-state index contributed by atoms with van der Waals surface area (Å²) in [7, 11) is 1.52. The molecule has 1 unspecified atom stereocenters. The Morgan fingerprint density at radius 3 is 3.09 bits per heavy atom. The van der Waals surface area contributed by atoms with Crippen LogP contribution < -0.4 is 15.8 Å². The molecule has 3 rings (SSSR count). The Morgan fingerprint density at radius 2 is 2.32 bits per heavy atom. The van der Waals surface area contributed by atoms with Crippen LogP contribution in [0, 0.1) is 0 Å². The molecule has 120 valence electrons. The Bertz CT molecular complexity index is 584. The number of nitrogen functional groups attached to an aromatic ring is 1. The van der Waals surface area contributed by atoms with Gasteiger partial charge in [-0.3, -0.25) is 4.79 Å². The molecule has 2 heterocycles. The molecule has 22 heavy (non-hydrogen) atoms. The number of rotatable bonds is 3. The topological polar surface area (TPSA) is 67.6 Å². The van der Waals surface area contributed by atoms with Crippen molar-refractivity contribution in [2.45, 2.75) is 17.7 Å². The van der Waals surface area contributed by atoms with Gasteiger partial charge in [0.05, 0.1) is 23.4 Å². The molecule has 2 fully saturated rings. The lowest BCUT2D eigenvalue weighted by atomic mass is 10.0. The van der Waals surface area contributed by atoms with Crippen molar-refractivity contribution in [2.24, 2.45) is 0 Å². The van der Waals surface area contributed by atoms with Gasteiger partial charge in [-0.25, -0.2) is 0 Å². The summed E-state index contributed by atoms with van der Waals surface area (Å²) in [4.78, 5) is 15.1. The number of ether oxygens (including phenoxy) is 1. The highest BCUT2D eigenvalue weighted by Gasteiger charge is 2.33. The molecule has 1 aromatic rings. The van der Waals surface area contributed by atoms with E-state index < -0.39 is 0 Å². The maximum Gasteiger partial charge on any atom is 0.255 e. The molecule has 0 spiro atoms.